The van der Waals surface area contributed by atoms with Crippen molar-refractivity contribution in [3.05, 3.63) is 89.2 Å². The zero-order valence-corrected chi connectivity index (χ0v) is 20.3. The van der Waals surface area contributed by atoms with E-state index in [1.54, 1.807) is 6.07 Å². The second-order valence-corrected chi connectivity index (χ2v) is 8.50. The average molecular weight is 510 g/mol. The molecule has 0 aliphatic carbocycles. The fourth-order valence-corrected chi connectivity index (χ4v) is 4.15. The van der Waals surface area contributed by atoms with E-state index in [2.05, 4.69) is 20.7 Å². The Morgan fingerprint density at radius 2 is 1.89 bits per heavy atom. The minimum Gasteiger partial charge on any atom is -0.494 e. The molecule has 0 aliphatic rings. The third kappa shape index (κ3) is 6.06. The molecule has 7 nitrogen and oxygen atoms in total. The maximum atomic E-state index is 13.8. The van der Waals surface area contributed by atoms with E-state index in [9.17, 15) is 9.18 Å². The van der Waals surface area contributed by atoms with Gasteiger partial charge in [0.25, 0.3) is 5.91 Å². The first kappa shape index (κ1) is 24.4. The topological polar surface area (TPSA) is 81.4 Å². The molecular weight excluding hydrogens is 489 g/mol. The molecule has 35 heavy (non-hydrogen) atoms. The first-order valence-electron chi connectivity index (χ1n) is 10.7. The summed E-state index contributed by atoms with van der Waals surface area (Å²) >= 11 is 7.17. The fourth-order valence-electron chi connectivity index (χ4n) is 3.19. The second kappa shape index (κ2) is 11.6. The number of benzene rings is 3. The summed E-state index contributed by atoms with van der Waals surface area (Å²) in [6.07, 6.45) is 1.18. The maximum absolute atomic E-state index is 13.8. The number of carbonyl (C=O) groups is 1. The van der Waals surface area contributed by atoms with Gasteiger partial charge in [-0.15, -0.1) is 10.2 Å². The molecule has 0 saturated carbocycles. The maximum Gasteiger partial charge on any atom is 0.250 e. The molecule has 1 heterocycles. The van der Waals surface area contributed by atoms with Gasteiger partial charge in [-0.1, -0.05) is 59.8 Å². The summed E-state index contributed by atoms with van der Waals surface area (Å²) in [6, 6.07) is 21.5. The van der Waals surface area contributed by atoms with Crippen LogP contribution in [0.5, 0.6) is 5.75 Å². The third-order valence-electron chi connectivity index (χ3n) is 4.79. The van der Waals surface area contributed by atoms with Crippen molar-refractivity contribution in [1.82, 2.24) is 20.2 Å². The third-order valence-corrected chi connectivity index (χ3v) is 6.04. The second-order valence-electron chi connectivity index (χ2n) is 7.15. The molecule has 4 aromatic rings. The number of aromatic nitrogens is 3. The largest absolute Gasteiger partial charge is 0.494 e. The highest BCUT2D eigenvalue weighted by atomic mass is 35.5. The normalized spacial score (nSPS) is 11.1. The number of hydrogen-bond acceptors (Lipinski definition) is 6. The van der Waals surface area contributed by atoms with Crippen molar-refractivity contribution in [2.24, 2.45) is 5.10 Å². The van der Waals surface area contributed by atoms with E-state index in [0.29, 0.717) is 17.6 Å². The van der Waals surface area contributed by atoms with Crippen LogP contribution < -0.4 is 10.2 Å². The molecule has 1 N–H and O–H groups in total. The molecule has 3 aromatic carbocycles. The van der Waals surface area contributed by atoms with Crippen LogP contribution in [0.1, 0.15) is 12.5 Å². The van der Waals surface area contributed by atoms with Crippen LogP contribution in [0.4, 0.5) is 4.39 Å². The standard InChI is InChI=1S/C25H21ClFN5O2S/c1-2-34-19-13-11-18(12-14-19)32-24(17-7-4-3-5-8-17)30-31-25(32)35-16-23(33)29-28-15-20-21(26)9-6-10-22(20)27/h3-15H,2,16H2,1H3,(H,29,33)/b28-15+. The molecule has 0 radical (unpaired) electrons. The summed E-state index contributed by atoms with van der Waals surface area (Å²) in [6.45, 7) is 2.50. The molecule has 0 aliphatic heterocycles. The SMILES string of the molecule is CCOc1ccc(-n2c(SCC(=O)N/N=C/c3c(F)cccc3Cl)nnc2-c2ccccc2)cc1. The van der Waals surface area contributed by atoms with Gasteiger partial charge < -0.3 is 4.74 Å². The summed E-state index contributed by atoms with van der Waals surface area (Å²) in [5, 5.41) is 13.2. The Morgan fingerprint density at radius 1 is 1.11 bits per heavy atom. The Balaban J connectivity index is 1.52. The molecule has 0 saturated heterocycles. The van der Waals surface area contributed by atoms with Gasteiger partial charge in [-0.25, -0.2) is 9.82 Å². The number of halogens is 2. The first-order valence-corrected chi connectivity index (χ1v) is 12.1. The van der Waals surface area contributed by atoms with E-state index in [4.69, 9.17) is 16.3 Å². The molecule has 0 atom stereocenters. The highest BCUT2D eigenvalue weighted by Crippen LogP contribution is 2.28. The highest BCUT2D eigenvalue weighted by molar-refractivity contribution is 7.99. The van der Waals surface area contributed by atoms with Gasteiger partial charge in [0.15, 0.2) is 11.0 Å². The summed E-state index contributed by atoms with van der Waals surface area (Å²) in [4.78, 5) is 12.4. The van der Waals surface area contributed by atoms with Gasteiger partial charge in [-0.05, 0) is 43.3 Å². The van der Waals surface area contributed by atoms with E-state index in [1.165, 1.54) is 30.1 Å². The molecule has 4 rings (SSSR count). The number of nitrogens with zero attached hydrogens (tertiary/aromatic N) is 4. The highest BCUT2D eigenvalue weighted by Gasteiger charge is 2.17. The van der Waals surface area contributed by atoms with Crippen molar-refractivity contribution in [2.75, 3.05) is 12.4 Å². The minimum absolute atomic E-state index is 0.0201. The van der Waals surface area contributed by atoms with Gasteiger partial charge in [0.2, 0.25) is 0 Å². The van der Waals surface area contributed by atoms with Crippen LogP contribution in [-0.4, -0.2) is 39.2 Å². The number of ether oxygens (including phenoxy) is 1. The predicted octanol–water partition coefficient (Wildman–Crippen LogP) is 5.37. The van der Waals surface area contributed by atoms with Gasteiger partial charge in [0, 0.05) is 16.8 Å². The lowest BCUT2D eigenvalue weighted by Crippen LogP contribution is -2.20. The van der Waals surface area contributed by atoms with E-state index in [0.717, 1.165) is 17.0 Å². The fraction of sp³-hybridized carbons (Fsp3) is 0.120. The van der Waals surface area contributed by atoms with E-state index < -0.39 is 5.82 Å². The zero-order chi connectivity index (χ0) is 24.6. The lowest BCUT2D eigenvalue weighted by molar-refractivity contribution is -0.118. The predicted molar refractivity (Wildman–Crippen MR) is 136 cm³/mol. The minimum atomic E-state index is -0.526. The number of hydrazone groups is 1. The van der Waals surface area contributed by atoms with Gasteiger partial charge >= 0.3 is 0 Å². The average Bonchev–Trinajstić information content (AvgIpc) is 3.30. The van der Waals surface area contributed by atoms with Crippen LogP contribution in [0.3, 0.4) is 0 Å². The van der Waals surface area contributed by atoms with Gasteiger partial charge in [0.1, 0.15) is 11.6 Å². The van der Waals surface area contributed by atoms with Crippen molar-refractivity contribution >= 4 is 35.5 Å². The van der Waals surface area contributed by atoms with Crippen LogP contribution in [0, 0.1) is 5.82 Å². The number of amides is 1. The Hall–Kier alpha value is -3.69. The summed E-state index contributed by atoms with van der Waals surface area (Å²) in [5.74, 6) is 0.506. The number of carbonyl (C=O) groups excluding carboxylic acids is 1. The lowest BCUT2D eigenvalue weighted by Gasteiger charge is -2.11. The Labute approximate surface area is 211 Å². The van der Waals surface area contributed by atoms with E-state index >= 15 is 0 Å². The molecule has 10 heteroatoms. The first-order chi connectivity index (χ1) is 17.1. The summed E-state index contributed by atoms with van der Waals surface area (Å²) in [5.41, 5.74) is 4.20. The quantitative estimate of drug-likeness (QED) is 0.186. The van der Waals surface area contributed by atoms with E-state index in [-0.39, 0.29) is 22.2 Å². The van der Waals surface area contributed by atoms with Crippen LogP contribution in [0.2, 0.25) is 5.02 Å². The molecule has 178 valence electrons. The van der Waals surface area contributed by atoms with Crippen molar-refractivity contribution in [1.29, 1.82) is 0 Å². The molecule has 0 bridgehead atoms. The van der Waals surface area contributed by atoms with Crippen LogP contribution in [0.25, 0.3) is 17.1 Å². The molecule has 0 unspecified atom stereocenters. The molecule has 0 fully saturated rings. The molecular formula is C25H21ClFN5O2S. The van der Waals surface area contributed by atoms with Crippen molar-refractivity contribution in [3.63, 3.8) is 0 Å². The van der Waals surface area contributed by atoms with Gasteiger partial charge in [0.05, 0.1) is 23.6 Å². The van der Waals surface area contributed by atoms with Crippen LogP contribution in [0.15, 0.2) is 83.1 Å². The zero-order valence-electron chi connectivity index (χ0n) is 18.7. The summed E-state index contributed by atoms with van der Waals surface area (Å²) < 4.78 is 21.3. The van der Waals surface area contributed by atoms with Crippen LogP contribution >= 0.6 is 23.4 Å². The number of rotatable bonds is 9. The number of thioether (sulfide) groups is 1. The van der Waals surface area contributed by atoms with Crippen molar-refractivity contribution < 1.29 is 13.9 Å². The molecule has 0 spiro atoms. The monoisotopic (exact) mass is 509 g/mol. The van der Waals surface area contributed by atoms with Gasteiger partial charge in [-0.2, -0.15) is 5.10 Å². The smallest absolute Gasteiger partial charge is 0.250 e. The molecule has 1 aromatic heterocycles. The van der Waals surface area contributed by atoms with Crippen molar-refractivity contribution in [3.8, 4) is 22.8 Å². The molecule has 1 amide bonds. The van der Waals surface area contributed by atoms with Crippen molar-refractivity contribution in [2.45, 2.75) is 12.1 Å². The Morgan fingerprint density at radius 3 is 2.60 bits per heavy atom. The van der Waals surface area contributed by atoms with E-state index in [1.807, 2.05) is 66.1 Å². The van der Waals surface area contributed by atoms with Gasteiger partial charge in [-0.3, -0.25) is 9.36 Å². The lowest BCUT2D eigenvalue weighted by atomic mass is 10.2. The Bertz CT molecular complexity index is 1310. The Kier molecular flexibility index (Phi) is 8.12. The summed E-state index contributed by atoms with van der Waals surface area (Å²) in [7, 11) is 0. The van der Waals surface area contributed by atoms with Crippen LogP contribution in [-0.2, 0) is 4.79 Å². The number of hydrogen-bond donors (Lipinski definition) is 1. The number of nitrogens with one attached hydrogen (secondary N) is 1.